The van der Waals surface area contributed by atoms with Gasteiger partial charge in [0.2, 0.25) is 0 Å². The van der Waals surface area contributed by atoms with Crippen LogP contribution in [0.4, 0.5) is 0 Å². The predicted octanol–water partition coefficient (Wildman–Crippen LogP) is 3.96. The van der Waals surface area contributed by atoms with Crippen molar-refractivity contribution >= 4 is 0 Å². The average molecular weight is 184 g/mol. The largest absolute Gasteiger partial charge is 0.381 e. The monoisotopic (exact) mass is 184 g/mol. The molecule has 0 N–H and O–H groups in total. The third-order valence-electron chi connectivity index (χ3n) is 1.45. The van der Waals surface area contributed by atoms with Crippen molar-refractivity contribution in [3.63, 3.8) is 0 Å². The highest BCUT2D eigenvalue weighted by atomic mass is 16.5. The van der Waals surface area contributed by atoms with Gasteiger partial charge in [-0.25, -0.2) is 0 Å². The summed E-state index contributed by atoms with van der Waals surface area (Å²) in [5.74, 6) is 0. The van der Waals surface area contributed by atoms with Crippen LogP contribution in [0.1, 0.15) is 39.5 Å². The Morgan fingerprint density at radius 2 is 1.31 bits per heavy atom. The first-order valence-electron chi connectivity index (χ1n) is 5.14. The number of rotatable bonds is 7. The van der Waals surface area contributed by atoms with E-state index in [1.807, 2.05) is 0 Å². The Morgan fingerprint density at radius 3 is 1.54 bits per heavy atom. The highest BCUT2D eigenvalue weighted by Crippen LogP contribution is 1.91. The first-order valence-corrected chi connectivity index (χ1v) is 5.14. The van der Waals surface area contributed by atoms with Crippen LogP contribution in [0.15, 0.2) is 25.3 Å². The predicted molar refractivity (Wildman–Crippen MR) is 61.0 cm³/mol. The Bertz CT molecular complexity index is 85.3. The van der Waals surface area contributed by atoms with Crippen LogP contribution in [0.5, 0.6) is 0 Å². The van der Waals surface area contributed by atoms with Gasteiger partial charge >= 0.3 is 0 Å². The van der Waals surface area contributed by atoms with Gasteiger partial charge < -0.3 is 4.74 Å². The van der Waals surface area contributed by atoms with Gasteiger partial charge in [0, 0.05) is 13.2 Å². The highest BCUT2D eigenvalue weighted by molar-refractivity contribution is 4.88. The molecule has 0 radical (unpaired) electrons. The molecule has 0 fully saturated rings. The lowest BCUT2D eigenvalue weighted by Crippen LogP contribution is -1.95. The van der Waals surface area contributed by atoms with Crippen molar-refractivity contribution in [2.75, 3.05) is 13.2 Å². The van der Waals surface area contributed by atoms with Gasteiger partial charge in [-0.15, -0.1) is 0 Å². The fourth-order valence-electron chi connectivity index (χ4n) is 0.595. The van der Waals surface area contributed by atoms with E-state index in [0.29, 0.717) is 0 Å². The van der Waals surface area contributed by atoms with E-state index in [-0.39, 0.29) is 0 Å². The van der Waals surface area contributed by atoms with Crippen LogP contribution in [0.3, 0.4) is 0 Å². The summed E-state index contributed by atoms with van der Waals surface area (Å²) in [6.07, 6.45) is 8.19. The molecule has 0 heterocycles. The van der Waals surface area contributed by atoms with Gasteiger partial charge in [0.05, 0.1) is 0 Å². The Morgan fingerprint density at radius 1 is 0.923 bits per heavy atom. The number of allylic oxidation sites excluding steroid dienone is 2. The lowest BCUT2D eigenvalue weighted by molar-refractivity contribution is 0.128. The summed E-state index contributed by atoms with van der Waals surface area (Å²) in [7, 11) is 0. The van der Waals surface area contributed by atoms with Crippen molar-refractivity contribution in [2.24, 2.45) is 0 Å². The molecule has 0 amide bonds. The van der Waals surface area contributed by atoms with Crippen LogP contribution in [0, 0.1) is 0 Å². The van der Waals surface area contributed by atoms with E-state index in [9.17, 15) is 0 Å². The first-order chi connectivity index (χ1) is 6.33. The van der Waals surface area contributed by atoms with Crippen LogP contribution in [0.2, 0.25) is 0 Å². The molecule has 13 heavy (non-hydrogen) atoms. The fourth-order valence-corrected chi connectivity index (χ4v) is 0.595. The van der Waals surface area contributed by atoms with E-state index >= 15 is 0 Å². The summed E-state index contributed by atoms with van der Waals surface area (Å²) >= 11 is 0. The van der Waals surface area contributed by atoms with Gasteiger partial charge in [0.1, 0.15) is 0 Å². The lowest BCUT2D eigenvalue weighted by Gasteiger charge is -1.99. The van der Waals surface area contributed by atoms with Gasteiger partial charge in [0.15, 0.2) is 0 Å². The molecule has 0 aromatic carbocycles. The third-order valence-corrected chi connectivity index (χ3v) is 1.45. The van der Waals surface area contributed by atoms with Crippen LogP contribution < -0.4 is 0 Å². The van der Waals surface area contributed by atoms with Crippen molar-refractivity contribution in [1.29, 1.82) is 0 Å². The van der Waals surface area contributed by atoms with Crippen molar-refractivity contribution in [1.82, 2.24) is 0 Å². The zero-order valence-electron chi connectivity index (χ0n) is 9.22. The minimum absolute atomic E-state index is 0.955. The second-order valence-electron chi connectivity index (χ2n) is 2.79. The molecular weight excluding hydrogens is 160 g/mol. The Balaban J connectivity index is 0. The molecule has 0 aliphatic carbocycles. The fraction of sp³-hybridized carbons (Fsp3) is 0.667. The molecule has 0 rings (SSSR count). The minimum atomic E-state index is 0.955. The maximum Gasteiger partial charge on any atom is 0.0465 e. The standard InChI is InChI=1S/C8H18O.C4H6/c1-3-5-7-9-8-6-4-2;1-3-4-2/h3-8H2,1-2H3;3-4H,1-2H2. The summed E-state index contributed by atoms with van der Waals surface area (Å²) in [5.41, 5.74) is 0. The molecule has 0 aliphatic rings. The van der Waals surface area contributed by atoms with Crippen molar-refractivity contribution in [3.05, 3.63) is 25.3 Å². The van der Waals surface area contributed by atoms with Gasteiger partial charge in [-0.3, -0.25) is 0 Å². The quantitative estimate of drug-likeness (QED) is 0.430. The molecular formula is C12H24O. The second kappa shape index (κ2) is 17.5. The van der Waals surface area contributed by atoms with Crippen LogP contribution in [0.25, 0.3) is 0 Å². The molecule has 0 atom stereocenters. The number of ether oxygens (including phenoxy) is 1. The molecule has 0 bridgehead atoms. The molecule has 0 aromatic rings. The van der Waals surface area contributed by atoms with Gasteiger partial charge in [0.25, 0.3) is 0 Å². The summed E-state index contributed by atoms with van der Waals surface area (Å²) in [4.78, 5) is 0. The molecule has 1 heteroatoms. The van der Waals surface area contributed by atoms with E-state index in [0.717, 1.165) is 13.2 Å². The van der Waals surface area contributed by atoms with E-state index < -0.39 is 0 Å². The van der Waals surface area contributed by atoms with Crippen molar-refractivity contribution in [2.45, 2.75) is 39.5 Å². The highest BCUT2D eigenvalue weighted by Gasteiger charge is 1.84. The van der Waals surface area contributed by atoms with Crippen LogP contribution >= 0.6 is 0 Å². The van der Waals surface area contributed by atoms with Crippen molar-refractivity contribution in [3.8, 4) is 0 Å². The summed E-state index contributed by atoms with van der Waals surface area (Å²) < 4.78 is 5.31. The zero-order chi connectivity index (χ0) is 10.4. The van der Waals surface area contributed by atoms with E-state index in [1.165, 1.54) is 25.7 Å². The molecule has 0 aliphatic heterocycles. The summed E-state index contributed by atoms with van der Waals surface area (Å²) in [6.45, 7) is 13.0. The third kappa shape index (κ3) is 24.6. The lowest BCUT2D eigenvalue weighted by atomic mass is 10.3. The smallest absolute Gasteiger partial charge is 0.0465 e. The van der Waals surface area contributed by atoms with Crippen LogP contribution in [-0.2, 0) is 4.74 Å². The minimum Gasteiger partial charge on any atom is -0.381 e. The molecule has 0 saturated heterocycles. The topological polar surface area (TPSA) is 9.23 Å². The van der Waals surface area contributed by atoms with E-state index in [2.05, 4.69) is 27.0 Å². The normalized spacial score (nSPS) is 8.46. The Kier molecular flexibility index (Phi) is 20.1. The van der Waals surface area contributed by atoms with Crippen molar-refractivity contribution < 1.29 is 4.74 Å². The summed E-state index contributed by atoms with van der Waals surface area (Å²) in [6, 6.07) is 0. The Labute approximate surface area is 83.5 Å². The molecule has 0 unspecified atom stereocenters. The number of hydrogen-bond donors (Lipinski definition) is 0. The molecule has 0 aromatic heterocycles. The van der Waals surface area contributed by atoms with Crippen LogP contribution in [-0.4, -0.2) is 13.2 Å². The second-order valence-corrected chi connectivity index (χ2v) is 2.79. The van der Waals surface area contributed by atoms with Gasteiger partial charge in [-0.05, 0) is 12.8 Å². The van der Waals surface area contributed by atoms with E-state index in [4.69, 9.17) is 4.74 Å². The zero-order valence-corrected chi connectivity index (χ0v) is 9.22. The number of unbranched alkanes of at least 4 members (excludes halogenated alkanes) is 2. The number of hydrogen-bond acceptors (Lipinski definition) is 1. The Hall–Kier alpha value is -0.560. The van der Waals surface area contributed by atoms with Gasteiger partial charge in [-0.2, -0.15) is 0 Å². The van der Waals surface area contributed by atoms with E-state index in [1.54, 1.807) is 12.2 Å². The maximum absolute atomic E-state index is 5.31. The first kappa shape index (κ1) is 14.9. The maximum atomic E-state index is 5.31. The van der Waals surface area contributed by atoms with Gasteiger partial charge in [-0.1, -0.05) is 52.0 Å². The average Bonchev–Trinajstić information content (AvgIpc) is 2.18. The summed E-state index contributed by atoms with van der Waals surface area (Å²) in [5, 5.41) is 0. The molecule has 1 nitrogen and oxygen atoms in total. The molecule has 78 valence electrons. The molecule has 0 saturated carbocycles. The molecule has 0 spiro atoms. The SMILES string of the molecule is C=CC=C.CCCCOCCCC.